The van der Waals surface area contributed by atoms with Crippen LogP contribution in [0.4, 0.5) is 0 Å². The first-order chi connectivity index (χ1) is 7.11. The smallest absolute Gasteiger partial charge is 0.157 e. The van der Waals surface area contributed by atoms with Gasteiger partial charge in [-0.15, -0.1) is 0 Å². The summed E-state index contributed by atoms with van der Waals surface area (Å²) in [6.07, 6.45) is 3.19. The van der Waals surface area contributed by atoms with Crippen LogP contribution in [0, 0.1) is 5.92 Å². The molecule has 0 fully saturated rings. The van der Waals surface area contributed by atoms with E-state index in [0.717, 1.165) is 0 Å². The Morgan fingerprint density at radius 3 is 1.93 bits per heavy atom. The van der Waals surface area contributed by atoms with Gasteiger partial charge in [-0.25, -0.2) is 0 Å². The van der Waals surface area contributed by atoms with E-state index in [1.807, 2.05) is 50.3 Å². The number of rotatable bonds is 3. The highest BCUT2D eigenvalue weighted by Crippen LogP contribution is 1.97. The van der Waals surface area contributed by atoms with Crippen LogP contribution >= 0.6 is 0 Å². The van der Waals surface area contributed by atoms with Crippen molar-refractivity contribution in [1.29, 1.82) is 0 Å². The quantitative estimate of drug-likeness (QED) is 0.682. The zero-order valence-corrected chi connectivity index (χ0v) is 9.44. The van der Waals surface area contributed by atoms with Crippen molar-refractivity contribution in [3.05, 3.63) is 55.1 Å². The van der Waals surface area contributed by atoms with Gasteiger partial charge < -0.3 is 0 Å². The fourth-order valence-corrected chi connectivity index (χ4v) is 0.825. The Bertz CT molecular complexity index is 309. The van der Waals surface area contributed by atoms with Crippen LogP contribution in [0.1, 0.15) is 19.4 Å². The third-order valence-electron chi connectivity index (χ3n) is 1.81. The predicted octanol–water partition coefficient (Wildman–Crippen LogP) is 3.73. The first-order valence-corrected chi connectivity index (χ1v) is 4.95. The van der Waals surface area contributed by atoms with Gasteiger partial charge in [0.05, 0.1) is 0 Å². The Balaban J connectivity index is 0.000000265. The van der Waals surface area contributed by atoms with Crippen LogP contribution in [0.25, 0.3) is 6.08 Å². The van der Waals surface area contributed by atoms with Crippen molar-refractivity contribution in [2.45, 2.75) is 13.8 Å². The molecule has 1 rings (SSSR count). The second kappa shape index (κ2) is 7.74. The van der Waals surface area contributed by atoms with Crippen molar-refractivity contribution in [1.82, 2.24) is 0 Å². The molecule has 0 saturated carbocycles. The second-order valence-electron chi connectivity index (χ2n) is 3.38. The normalized spacial score (nSPS) is 8.73. The minimum atomic E-state index is 0.109. The highest BCUT2D eigenvalue weighted by Gasteiger charge is 1.98. The highest BCUT2D eigenvalue weighted by atomic mass is 16.1. The molecular weight excluding hydrogens is 184 g/mol. The zero-order valence-electron chi connectivity index (χ0n) is 9.44. The molecule has 1 aromatic rings. The third-order valence-corrected chi connectivity index (χ3v) is 1.81. The number of ketones is 1. The van der Waals surface area contributed by atoms with E-state index >= 15 is 0 Å². The van der Waals surface area contributed by atoms with E-state index in [9.17, 15) is 4.79 Å². The van der Waals surface area contributed by atoms with Crippen molar-refractivity contribution < 1.29 is 4.79 Å². The van der Waals surface area contributed by atoms with Gasteiger partial charge in [0.15, 0.2) is 5.78 Å². The van der Waals surface area contributed by atoms with E-state index in [1.165, 1.54) is 11.6 Å². The van der Waals surface area contributed by atoms with Crippen molar-refractivity contribution in [3.8, 4) is 0 Å². The maximum absolute atomic E-state index is 10.4. The van der Waals surface area contributed by atoms with Gasteiger partial charge >= 0.3 is 0 Å². The summed E-state index contributed by atoms with van der Waals surface area (Å²) in [7, 11) is 0. The number of carbonyl (C=O) groups is 1. The van der Waals surface area contributed by atoms with Gasteiger partial charge in [0.25, 0.3) is 0 Å². The van der Waals surface area contributed by atoms with Crippen LogP contribution in [-0.4, -0.2) is 5.78 Å². The van der Waals surface area contributed by atoms with Crippen LogP contribution in [0.2, 0.25) is 0 Å². The van der Waals surface area contributed by atoms with Crippen molar-refractivity contribution in [3.63, 3.8) is 0 Å². The summed E-state index contributed by atoms with van der Waals surface area (Å²) in [5.74, 6) is 0.220. The molecule has 0 aliphatic carbocycles. The molecule has 0 radical (unpaired) electrons. The van der Waals surface area contributed by atoms with Crippen molar-refractivity contribution in [2.75, 3.05) is 0 Å². The number of allylic oxidation sites excluding steroid dienone is 1. The summed E-state index contributed by atoms with van der Waals surface area (Å²) >= 11 is 0. The van der Waals surface area contributed by atoms with Gasteiger partial charge in [-0.3, -0.25) is 4.79 Å². The second-order valence-corrected chi connectivity index (χ2v) is 3.38. The summed E-state index contributed by atoms with van der Waals surface area (Å²) in [5, 5.41) is 0. The lowest BCUT2D eigenvalue weighted by atomic mass is 10.1. The van der Waals surface area contributed by atoms with Gasteiger partial charge in [-0.05, 0) is 11.6 Å². The average molecular weight is 202 g/mol. The molecule has 0 aromatic heterocycles. The fourth-order valence-electron chi connectivity index (χ4n) is 0.825. The number of hydrogen-bond donors (Lipinski definition) is 0. The van der Waals surface area contributed by atoms with Gasteiger partial charge in [-0.2, -0.15) is 0 Å². The number of benzene rings is 1. The van der Waals surface area contributed by atoms with Gasteiger partial charge in [0.1, 0.15) is 0 Å². The van der Waals surface area contributed by atoms with Gasteiger partial charge in [0, 0.05) is 5.92 Å². The molecule has 1 aromatic carbocycles. The molecule has 0 saturated heterocycles. The topological polar surface area (TPSA) is 17.1 Å². The third kappa shape index (κ3) is 6.44. The SMILES string of the molecule is C=CC(=O)C(C)C.C=Cc1ccccc1. The lowest BCUT2D eigenvalue weighted by Gasteiger charge is -1.92. The summed E-state index contributed by atoms with van der Waals surface area (Å²) in [6, 6.07) is 10.0. The first kappa shape index (κ1) is 13.4. The first-order valence-electron chi connectivity index (χ1n) is 4.95. The van der Waals surface area contributed by atoms with Crippen molar-refractivity contribution in [2.24, 2.45) is 5.92 Å². The fraction of sp³-hybridized carbons (Fsp3) is 0.214. The minimum Gasteiger partial charge on any atom is -0.295 e. The molecule has 0 heterocycles. The molecule has 0 N–H and O–H groups in total. The Morgan fingerprint density at radius 1 is 1.20 bits per heavy atom. The molecule has 1 nitrogen and oxygen atoms in total. The summed E-state index contributed by atoms with van der Waals surface area (Å²) in [4.78, 5) is 10.4. The molecule has 0 atom stereocenters. The number of hydrogen-bond acceptors (Lipinski definition) is 1. The molecule has 80 valence electrons. The Labute approximate surface area is 92.1 Å². The Hall–Kier alpha value is -1.63. The maximum atomic E-state index is 10.4. The monoisotopic (exact) mass is 202 g/mol. The molecule has 0 aliphatic rings. The van der Waals surface area contributed by atoms with Gasteiger partial charge in [0.2, 0.25) is 0 Å². The molecular formula is C14H18O. The molecule has 0 aliphatic heterocycles. The molecule has 0 bridgehead atoms. The predicted molar refractivity (Wildman–Crippen MR) is 66.6 cm³/mol. The summed E-state index contributed by atoms with van der Waals surface area (Å²) in [6.45, 7) is 10.7. The van der Waals surface area contributed by atoms with E-state index in [0.29, 0.717) is 0 Å². The maximum Gasteiger partial charge on any atom is 0.157 e. The summed E-state index contributed by atoms with van der Waals surface area (Å²) < 4.78 is 0. The number of carbonyl (C=O) groups excluding carboxylic acids is 1. The van der Waals surface area contributed by atoms with E-state index in [-0.39, 0.29) is 11.7 Å². The van der Waals surface area contributed by atoms with Crippen LogP contribution in [0.3, 0.4) is 0 Å². The van der Waals surface area contributed by atoms with E-state index in [4.69, 9.17) is 0 Å². The van der Waals surface area contributed by atoms with Crippen LogP contribution < -0.4 is 0 Å². The standard InChI is InChI=1S/C8H8.C6H10O/c1-2-8-6-4-3-5-7-8;1-4-6(7)5(2)3/h2-7H,1H2;4-5H,1H2,2-3H3. The van der Waals surface area contributed by atoms with E-state index in [1.54, 1.807) is 0 Å². The van der Waals surface area contributed by atoms with E-state index < -0.39 is 0 Å². The Kier molecular flexibility index (Phi) is 6.90. The van der Waals surface area contributed by atoms with Crippen molar-refractivity contribution >= 4 is 11.9 Å². The zero-order chi connectivity index (χ0) is 11.7. The van der Waals surface area contributed by atoms with Crippen LogP contribution in [0.15, 0.2) is 49.6 Å². The Morgan fingerprint density at radius 2 is 1.73 bits per heavy atom. The molecule has 15 heavy (non-hydrogen) atoms. The van der Waals surface area contributed by atoms with Crippen LogP contribution in [-0.2, 0) is 4.79 Å². The largest absolute Gasteiger partial charge is 0.295 e. The lowest BCUT2D eigenvalue weighted by molar-refractivity contribution is -0.117. The minimum absolute atomic E-state index is 0.109. The molecule has 0 amide bonds. The summed E-state index contributed by atoms with van der Waals surface area (Å²) in [5.41, 5.74) is 1.17. The highest BCUT2D eigenvalue weighted by molar-refractivity contribution is 5.90. The molecule has 0 spiro atoms. The van der Waals surface area contributed by atoms with Gasteiger partial charge in [-0.1, -0.05) is 63.4 Å². The average Bonchev–Trinajstić information content (AvgIpc) is 2.29. The van der Waals surface area contributed by atoms with E-state index in [2.05, 4.69) is 13.2 Å². The molecule has 1 heteroatoms. The lowest BCUT2D eigenvalue weighted by Crippen LogP contribution is -2.00. The van der Waals surface area contributed by atoms with Crippen LogP contribution in [0.5, 0.6) is 0 Å². The molecule has 0 unspecified atom stereocenters.